The zero-order chi connectivity index (χ0) is 16.6. The van der Waals surface area contributed by atoms with Crippen LogP contribution in [0.2, 0.25) is 0 Å². The van der Waals surface area contributed by atoms with Gasteiger partial charge in [0, 0.05) is 16.3 Å². The molecule has 2 nitrogen and oxygen atoms in total. The first-order valence-corrected chi connectivity index (χ1v) is 9.06. The van der Waals surface area contributed by atoms with Crippen molar-refractivity contribution in [2.45, 2.75) is 20.8 Å². The summed E-state index contributed by atoms with van der Waals surface area (Å²) in [6.45, 7) is 6.52. The first-order chi connectivity index (χ1) is 11.6. The van der Waals surface area contributed by atoms with Gasteiger partial charge >= 0.3 is 0 Å². The highest BCUT2D eigenvalue weighted by atomic mass is 32.1. The average Bonchev–Trinajstić information content (AvgIpc) is 3.05. The Labute approximate surface area is 144 Å². The smallest absolute Gasteiger partial charge is 0.228 e. The van der Waals surface area contributed by atoms with E-state index in [4.69, 9.17) is 4.74 Å². The molecule has 0 saturated carbocycles. The molecule has 0 radical (unpaired) electrons. The third kappa shape index (κ3) is 1.63. The maximum Gasteiger partial charge on any atom is 0.228 e. The number of hydrogen-bond donors (Lipinski definition) is 0. The fourth-order valence-corrected chi connectivity index (χ4v) is 4.97. The summed E-state index contributed by atoms with van der Waals surface area (Å²) in [5.41, 5.74) is 6.28. The lowest BCUT2D eigenvalue weighted by Crippen LogP contribution is -2.32. The van der Waals surface area contributed by atoms with Crippen LogP contribution in [-0.2, 0) is 7.05 Å². The van der Waals surface area contributed by atoms with Gasteiger partial charge in [0.1, 0.15) is 18.5 Å². The Morgan fingerprint density at radius 3 is 2.71 bits per heavy atom. The minimum Gasteiger partial charge on any atom is -0.455 e. The molecule has 0 spiro atoms. The Kier molecular flexibility index (Phi) is 2.67. The molecule has 0 saturated heterocycles. The largest absolute Gasteiger partial charge is 0.455 e. The fourth-order valence-electron chi connectivity index (χ4n) is 4.00. The van der Waals surface area contributed by atoms with Gasteiger partial charge in [-0.3, -0.25) is 0 Å². The van der Waals surface area contributed by atoms with E-state index in [9.17, 15) is 0 Å². The van der Waals surface area contributed by atoms with E-state index in [-0.39, 0.29) is 0 Å². The van der Waals surface area contributed by atoms with Crippen LogP contribution in [0.15, 0.2) is 35.8 Å². The molecule has 1 aliphatic rings. The van der Waals surface area contributed by atoms with Crippen molar-refractivity contribution in [3.05, 3.63) is 52.5 Å². The van der Waals surface area contributed by atoms with Gasteiger partial charge in [-0.25, -0.2) is 4.57 Å². The summed E-state index contributed by atoms with van der Waals surface area (Å²) in [6.07, 6.45) is 2.16. The van der Waals surface area contributed by atoms with E-state index in [2.05, 4.69) is 68.2 Å². The number of benzene rings is 2. The predicted octanol–water partition coefficient (Wildman–Crippen LogP) is 5.58. The number of hydrogen-bond acceptors (Lipinski definition) is 2. The van der Waals surface area contributed by atoms with Crippen LogP contribution in [0.5, 0.6) is 11.5 Å². The number of pyridine rings is 1. The molecule has 0 bridgehead atoms. The van der Waals surface area contributed by atoms with Crippen molar-refractivity contribution < 1.29 is 9.30 Å². The Morgan fingerprint density at radius 1 is 1.04 bits per heavy atom. The van der Waals surface area contributed by atoms with Gasteiger partial charge in [-0.2, -0.15) is 0 Å². The molecule has 0 atom stereocenters. The van der Waals surface area contributed by atoms with Gasteiger partial charge in [0.15, 0.2) is 6.20 Å². The summed E-state index contributed by atoms with van der Waals surface area (Å²) in [5, 5.41) is 5.94. The zero-order valence-electron chi connectivity index (χ0n) is 14.2. The minimum absolute atomic E-state index is 0.973. The number of fused-ring (bicyclic) bond motifs is 3. The first-order valence-electron chi connectivity index (χ1n) is 8.18. The van der Waals surface area contributed by atoms with Crippen LogP contribution in [0.4, 0.5) is 0 Å². The van der Waals surface area contributed by atoms with Crippen molar-refractivity contribution in [3.63, 3.8) is 0 Å². The molecular weight excluding hydrogens is 314 g/mol. The van der Waals surface area contributed by atoms with Gasteiger partial charge in [0.25, 0.3) is 0 Å². The van der Waals surface area contributed by atoms with Crippen LogP contribution >= 0.6 is 11.3 Å². The maximum absolute atomic E-state index is 6.47. The van der Waals surface area contributed by atoms with Crippen LogP contribution in [0.25, 0.3) is 32.1 Å². The van der Waals surface area contributed by atoms with Gasteiger partial charge < -0.3 is 4.74 Å². The summed E-state index contributed by atoms with van der Waals surface area (Å²) in [5.74, 6) is 1.99. The van der Waals surface area contributed by atoms with E-state index in [1.54, 1.807) is 0 Å². The number of thiophene rings is 1. The van der Waals surface area contributed by atoms with Crippen molar-refractivity contribution in [3.8, 4) is 22.8 Å². The molecule has 0 unspecified atom stereocenters. The monoisotopic (exact) mass is 332 g/mol. The summed E-state index contributed by atoms with van der Waals surface area (Å²) in [4.78, 5) is 0. The third-order valence-corrected chi connectivity index (χ3v) is 6.18. The molecule has 0 fully saturated rings. The lowest BCUT2D eigenvalue weighted by Gasteiger charge is -2.23. The molecule has 1 aliphatic heterocycles. The molecule has 0 amide bonds. The van der Waals surface area contributed by atoms with Crippen molar-refractivity contribution in [2.24, 2.45) is 7.05 Å². The van der Waals surface area contributed by atoms with E-state index in [0.717, 1.165) is 11.5 Å². The minimum atomic E-state index is 0.973. The summed E-state index contributed by atoms with van der Waals surface area (Å²) in [6, 6.07) is 8.78. The van der Waals surface area contributed by atoms with Gasteiger partial charge in [-0.1, -0.05) is 6.07 Å². The number of rotatable bonds is 0. The highest BCUT2D eigenvalue weighted by Crippen LogP contribution is 2.51. The Morgan fingerprint density at radius 2 is 1.88 bits per heavy atom. The second-order valence-corrected chi connectivity index (χ2v) is 7.64. The van der Waals surface area contributed by atoms with Crippen molar-refractivity contribution in [1.29, 1.82) is 0 Å². The molecule has 3 heterocycles. The van der Waals surface area contributed by atoms with Crippen molar-refractivity contribution in [1.82, 2.24) is 0 Å². The SMILES string of the molecule is Cc1cc2c3c([n+](C)ccc3c1)-c1c(c(C)c3ccsc3c1C)O2. The van der Waals surface area contributed by atoms with Gasteiger partial charge in [0.05, 0.1) is 10.9 Å². The van der Waals surface area contributed by atoms with Crippen LogP contribution < -0.4 is 9.30 Å². The summed E-state index contributed by atoms with van der Waals surface area (Å²) in [7, 11) is 2.13. The molecule has 24 heavy (non-hydrogen) atoms. The lowest BCUT2D eigenvalue weighted by molar-refractivity contribution is -0.659. The van der Waals surface area contributed by atoms with Crippen LogP contribution in [-0.4, -0.2) is 0 Å². The number of nitrogens with zero attached hydrogens (tertiary/aromatic N) is 1. The molecule has 4 aromatic rings. The standard InChI is InChI=1S/C21H18NOS/c1-11-9-14-5-7-22(4)19-17-13(3)21-15(6-8-24-21)12(2)20(17)23-16(10-11)18(14)19/h5-10H,1-4H3/q+1. The van der Waals surface area contributed by atoms with Gasteiger partial charge in [-0.05, 0) is 60.2 Å². The number of aromatic nitrogens is 1. The third-order valence-electron chi connectivity index (χ3n) is 5.15. The van der Waals surface area contributed by atoms with E-state index < -0.39 is 0 Å². The van der Waals surface area contributed by atoms with Crippen molar-refractivity contribution in [2.75, 3.05) is 0 Å². The Balaban J connectivity index is 2.05. The number of ether oxygens (including phenoxy) is 1. The van der Waals surface area contributed by atoms with E-state index in [0.29, 0.717) is 0 Å². The normalized spacial score (nSPS) is 12.5. The Bertz CT molecular complexity index is 1170. The maximum atomic E-state index is 6.47. The molecule has 118 valence electrons. The van der Waals surface area contributed by atoms with E-state index >= 15 is 0 Å². The van der Waals surface area contributed by atoms with Crippen LogP contribution in [0, 0.1) is 20.8 Å². The van der Waals surface area contributed by atoms with E-state index in [1.807, 2.05) is 11.3 Å². The predicted molar refractivity (Wildman–Crippen MR) is 100 cm³/mol. The van der Waals surface area contributed by atoms with E-state index in [1.165, 1.54) is 48.8 Å². The molecule has 0 aliphatic carbocycles. The highest BCUT2D eigenvalue weighted by molar-refractivity contribution is 7.17. The summed E-state index contributed by atoms with van der Waals surface area (Å²) >= 11 is 1.82. The molecule has 3 heteroatoms. The lowest BCUT2D eigenvalue weighted by atomic mass is 9.92. The molecule has 5 rings (SSSR count). The summed E-state index contributed by atoms with van der Waals surface area (Å²) < 4.78 is 10.1. The zero-order valence-corrected chi connectivity index (χ0v) is 15.0. The molecule has 0 N–H and O–H groups in total. The topological polar surface area (TPSA) is 13.1 Å². The van der Waals surface area contributed by atoms with Crippen LogP contribution in [0.1, 0.15) is 16.7 Å². The average molecular weight is 332 g/mol. The second kappa shape index (κ2) is 4.58. The molecular formula is C21H18NOS+. The second-order valence-electron chi connectivity index (χ2n) is 6.72. The first kappa shape index (κ1) is 14.0. The van der Waals surface area contributed by atoms with Crippen molar-refractivity contribution >= 4 is 32.2 Å². The molecule has 2 aromatic heterocycles. The Hall–Kier alpha value is -2.39. The number of aryl methyl sites for hydroxylation is 4. The fraction of sp³-hybridized carbons (Fsp3) is 0.190. The van der Waals surface area contributed by atoms with Gasteiger partial charge in [-0.15, -0.1) is 11.3 Å². The van der Waals surface area contributed by atoms with Gasteiger partial charge in [0.2, 0.25) is 5.69 Å². The highest BCUT2D eigenvalue weighted by Gasteiger charge is 2.32. The van der Waals surface area contributed by atoms with Crippen LogP contribution in [0.3, 0.4) is 0 Å². The molecule has 2 aromatic carbocycles. The quantitative estimate of drug-likeness (QED) is 0.338.